The van der Waals surface area contributed by atoms with E-state index in [4.69, 9.17) is 0 Å². The molecule has 11 heteroatoms. The second-order valence-electron chi connectivity index (χ2n) is 6.83. The maximum atomic E-state index is 13.5. The van der Waals surface area contributed by atoms with Crippen LogP contribution in [-0.4, -0.2) is 42.6 Å². The Morgan fingerprint density at radius 3 is 2.57 bits per heavy atom. The zero-order valence-corrected chi connectivity index (χ0v) is 18.6. The number of halogens is 5. The normalized spacial score (nSPS) is 15.2. The van der Waals surface area contributed by atoms with Gasteiger partial charge in [-0.1, -0.05) is 12.1 Å². The summed E-state index contributed by atoms with van der Waals surface area (Å²) in [6.45, 7) is 1.31. The highest BCUT2D eigenvalue weighted by Crippen LogP contribution is 2.47. The van der Waals surface area contributed by atoms with Gasteiger partial charge >= 0.3 is 6.18 Å². The van der Waals surface area contributed by atoms with E-state index in [9.17, 15) is 17.6 Å². The first-order valence-corrected chi connectivity index (χ1v) is 9.17. The minimum absolute atomic E-state index is 0. The number of guanidine groups is 1. The summed E-state index contributed by atoms with van der Waals surface area (Å²) in [7, 11) is 1.63. The van der Waals surface area contributed by atoms with E-state index in [2.05, 4.69) is 30.9 Å². The topological polar surface area (TPSA) is 74.2 Å². The zero-order chi connectivity index (χ0) is 20.9. The lowest BCUT2D eigenvalue weighted by Gasteiger charge is -2.19. The van der Waals surface area contributed by atoms with Crippen LogP contribution in [0.5, 0.6) is 0 Å². The predicted molar refractivity (Wildman–Crippen MR) is 118 cm³/mol. The molecule has 30 heavy (non-hydrogen) atoms. The van der Waals surface area contributed by atoms with Crippen LogP contribution in [0.25, 0.3) is 0 Å². The molecular formula is C19H23F4IN6. The van der Waals surface area contributed by atoms with Gasteiger partial charge in [0.05, 0.1) is 0 Å². The Balaban J connectivity index is 0.00000320. The van der Waals surface area contributed by atoms with Gasteiger partial charge in [-0.3, -0.25) is 4.99 Å². The smallest absolute Gasteiger partial charge is 0.356 e. The molecule has 1 heterocycles. The van der Waals surface area contributed by atoms with Gasteiger partial charge < -0.3 is 16.0 Å². The summed E-state index contributed by atoms with van der Waals surface area (Å²) in [6.07, 6.45) is -1.51. The van der Waals surface area contributed by atoms with Crippen LogP contribution in [0.2, 0.25) is 0 Å². The van der Waals surface area contributed by atoms with Crippen molar-refractivity contribution in [2.45, 2.75) is 24.4 Å². The predicted octanol–water partition coefficient (Wildman–Crippen LogP) is 3.56. The number of hydrogen-bond acceptors (Lipinski definition) is 4. The Hall–Kier alpha value is -2.18. The maximum absolute atomic E-state index is 13.5. The number of nitrogens with one attached hydrogen (secondary N) is 3. The first-order valence-electron chi connectivity index (χ1n) is 9.17. The van der Waals surface area contributed by atoms with Crippen molar-refractivity contribution in [1.82, 2.24) is 20.6 Å². The molecule has 0 aliphatic heterocycles. The molecule has 1 aromatic heterocycles. The van der Waals surface area contributed by atoms with Crippen molar-refractivity contribution in [1.29, 1.82) is 0 Å². The summed E-state index contributed by atoms with van der Waals surface area (Å²) in [5.74, 6) is 0.214. The van der Waals surface area contributed by atoms with E-state index in [0.717, 1.165) is 30.7 Å². The van der Waals surface area contributed by atoms with Crippen molar-refractivity contribution < 1.29 is 17.6 Å². The van der Waals surface area contributed by atoms with Crippen LogP contribution in [-0.2, 0) is 11.6 Å². The fraction of sp³-hybridized carbons (Fsp3) is 0.421. The number of anilines is 1. The average Bonchev–Trinajstić information content (AvgIpc) is 3.48. The number of rotatable bonds is 7. The van der Waals surface area contributed by atoms with Gasteiger partial charge in [0.2, 0.25) is 5.95 Å². The lowest BCUT2D eigenvalue weighted by molar-refractivity contribution is -0.141. The van der Waals surface area contributed by atoms with Gasteiger partial charge in [0.1, 0.15) is 11.5 Å². The van der Waals surface area contributed by atoms with Crippen molar-refractivity contribution in [2.75, 3.05) is 32.0 Å². The molecule has 1 saturated carbocycles. The number of nitrogens with zero attached hydrogens (tertiary/aromatic N) is 3. The van der Waals surface area contributed by atoms with E-state index >= 15 is 0 Å². The van der Waals surface area contributed by atoms with Crippen LogP contribution in [0.1, 0.15) is 24.1 Å². The van der Waals surface area contributed by atoms with Gasteiger partial charge in [-0.25, -0.2) is 14.4 Å². The maximum Gasteiger partial charge on any atom is 0.433 e. The second kappa shape index (κ2) is 10.2. The standard InChI is InChI=1S/C19H22F4N6.HI/c1-24-16(28-12-18(6-7-18)13-3-2-4-14(20)11-13)26-9-10-27-17-25-8-5-15(29-17)19(21,22)23;/h2-5,8,11H,6-7,9-10,12H2,1H3,(H2,24,26,28)(H,25,27,29);1H. The molecule has 0 saturated heterocycles. The molecule has 0 spiro atoms. The van der Waals surface area contributed by atoms with Crippen LogP contribution in [0.4, 0.5) is 23.5 Å². The van der Waals surface area contributed by atoms with Crippen molar-refractivity contribution in [3.8, 4) is 0 Å². The molecule has 1 aromatic carbocycles. The number of benzene rings is 1. The molecule has 164 valence electrons. The number of aliphatic imine (C=N–C) groups is 1. The fourth-order valence-electron chi connectivity index (χ4n) is 2.97. The number of alkyl halides is 3. The summed E-state index contributed by atoms with van der Waals surface area (Å²) in [5.41, 5.74) is -0.125. The third-order valence-electron chi connectivity index (χ3n) is 4.75. The number of hydrogen-bond donors (Lipinski definition) is 3. The Morgan fingerprint density at radius 2 is 1.93 bits per heavy atom. The van der Waals surface area contributed by atoms with Crippen LogP contribution in [0, 0.1) is 5.82 Å². The monoisotopic (exact) mass is 538 g/mol. The van der Waals surface area contributed by atoms with Crippen LogP contribution >= 0.6 is 24.0 Å². The lowest BCUT2D eigenvalue weighted by Crippen LogP contribution is -2.42. The Labute approximate surface area is 189 Å². The molecule has 1 aliphatic rings. The summed E-state index contributed by atoms with van der Waals surface area (Å²) in [4.78, 5) is 11.4. The Kier molecular flexibility index (Phi) is 8.21. The van der Waals surface area contributed by atoms with Gasteiger partial charge in [-0.05, 0) is 36.6 Å². The van der Waals surface area contributed by atoms with Gasteiger partial charge in [0.15, 0.2) is 5.96 Å². The molecule has 6 nitrogen and oxygen atoms in total. The van der Waals surface area contributed by atoms with Crippen molar-refractivity contribution >= 4 is 35.9 Å². The highest BCUT2D eigenvalue weighted by molar-refractivity contribution is 14.0. The molecule has 1 fully saturated rings. The highest BCUT2D eigenvalue weighted by atomic mass is 127. The van der Waals surface area contributed by atoms with E-state index in [0.29, 0.717) is 25.6 Å². The molecule has 3 N–H and O–H groups in total. The number of aromatic nitrogens is 2. The van der Waals surface area contributed by atoms with Crippen molar-refractivity contribution in [2.24, 2.45) is 4.99 Å². The third kappa shape index (κ3) is 6.41. The van der Waals surface area contributed by atoms with E-state index in [-0.39, 0.29) is 41.2 Å². The third-order valence-corrected chi connectivity index (χ3v) is 4.75. The largest absolute Gasteiger partial charge is 0.433 e. The molecular weight excluding hydrogens is 515 g/mol. The molecule has 3 rings (SSSR count). The summed E-state index contributed by atoms with van der Waals surface area (Å²) in [5, 5.41) is 9.04. The van der Waals surface area contributed by atoms with Crippen molar-refractivity contribution in [3.05, 3.63) is 53.6 Å². The van der Waals surface area contributed by atoms with E-state index in [1.54, 1.807) is 19.2 Å². The average molecular weight is 538 g/mol. The van der Waals surface area contributed by atoms with E-state index in [1.165, 1.54) is 6.07 Å². The minimum Gasteiger partial charge on any atom is -0.356 e. The van der Waals surface area contributed by atoms with Crippen LogP contribution in [0.15, 0.2) is 41.5 Å². The van der Waals surface area contributed by atoms with Crippen molar-refractivity contribution in [3.63, 3.8) is 0 Å². The quantitative estimate of drug-likeness (QED) is 0.165. The minimum atomic E-state index is -4.51. The van der Waals surface area contributed by atoms with E-state index in [1.807, 2.05) is 6.07 Å². The molecule has 0 amide bonds. The summed E-state index contributed by atoms with van der Waals surface area (Å²) < 4.78 is 51.5. The second-order valence-corrected chi connectivity index (χ2v) is 6.83. The van der Waals surface area contributed by atoms with Gasteiger partial charge in [-0.2, -0.15) is 13.2 Å². The Bertz CT molecular complexity index is 870. The SMILES string of the molecule is CN=C(NCCNc1nccc(C(F)(F)F)n1)NCC1(c2cccc(F)c2)CC1.I. The zero-order valence-electron chi connectivity index (χ0n) is 16.3. The summed E-state index contributed by atoms with van der Waals surface area (Å²) in [6, 6.07) is 7.44. The van der Waals surface area contributed by atoms with Crippen LogP contribution < -0.4 is 16.0 Å². The van der Waals surface area contributed by atoms with Gasteiger partial charge in [-0.15, -0.1) is 24.0 Å². The van der Waals surface area contributed by atoms with Gasteiger partial charge in [0, 0.05) is 38.3 Å². The lowest BCUT2D eigenvalue weighted by atomic mass is 9.96. The summed E-state index contributed by atoms with van der Waals surface area (Å²) >= 11 is 0. The first-order chi connectivity index (χ1) is 13.8. The van der Waals surface area contributed by atoms with Crippen LogP contribution in [0.3, 0.4) is 0 Å². The molecule has 2 aromatic rings. The molecule has 0 unspecified atom stereocenters. The highest BCUT2D eigenvalue weighted by Gasteiger charge is 2.44. The Morgan fingerprint density at radius 1 is 1.17 bits per heavy atom. The first kappa shape index (κ1) is 24.1. The fourth-order valence-corrected chi connectivity index (χ4v) is 2.97. The van der Waals surface area contributed by atoms with E-state index < -0.39 is 11.9 Å². The van der Waals surface area contributed by atoms with Gasteiger partial charge in [0.25, 0.3) is 0 Å². The molecule has 0 atom stereocenters. The molecule has 1 aliphatic carbocycles. The molecule has 0 bridgehead atoms. The molecule has 0 radical (unpaired) electrons.